The first-order chi connectivity index (χ1) is 35.9. The van der Waals surface area contributed by atoms with Gasteiger partial charge in [-0.15, -0.1) is 0 Å². The van der Waals surface area contributed by atoms with E-state index < -0.39 is 114 Å². The largest absolute Gasteiger partial charge is 0.370 e. The minimum absolute atomic E-state index is 0.0325. The molecule has 8 atom stereocenters. The molecule has 0 bridgehead atoms. The van der Waals surface area contributed by atoms with Gasteiger partial charge in [0.2, 0.25) is 59.1 Å². The molecule has 19 N–H and O–H groups in total. The number of likely N-dealkylation sites (tertiary alicyclic amines) is 1. The third-order valence-corrected chi connectivity index (χ3v) is 12.0. The summed E-state index contributed by atoms with van der Waals surface area (Å²) in [6.07, 6.45) is 0.210. The van der Waals surface area contributed by atoms with Crippen molar-refractivity contribution in [3.05, 3.63) is 71.8 Å². The second-order valence-electron chi connectivity index (χ2n) is 19.0. The third kappa shape index (κ3) is 22.0. The number of benzene rings is 2. The van der Waals surface area contributed by atoms with Gasteiger partial charge < -0.3 is 76.5 Å². The van der Waals surface area contributed by atoms with Gasteiger partial charge >= 0.3 is 0 Å². The summed E-state index contributed by atoms with van der Waals surface area (Å²) in [6, 6.07) is 7.54. The van der Waals surface area contributed by atoms with Gasteiger partial charge in [0.25, 0.3) is 0 Å². The Hall–Kier alpha value is -8.32. The van der Waals surface area contributed by atoms with Crippen LogP contribution in [-0.4, -0.2) is 144 Å². The standard InChI is InChI=1S/C50H76N16O10/c1-28(2)24-36(64-46(74)37(25-31-14-7-5-8-15-31)63-42(70)29(3)59-30(4)67)44(72)65-38(26-32-16-9-6-10-17-32)45(73)61-34(19-12-22-58-50(55)56)48(76)66-23-13-20-39(66)47(75)60-33(18-11-21-57-49(53)54)43(71)62-35(41(52)69)27-40(51)68/h5-10,14-17,28-29,33-39H,11-13,18-27H2,1-4H3,(H2,51,68)(H2,52,69)(H,59,67)(H,60,75)(H,61,73)(H,62,71)(H,63,70)(H,64,74)(H,65,72)(H4,53,54,57)(H4,55,56,58)/t29-,33-,34-,35-,36-,37-,38-,39-/m0/s1. The summed E-state index contributed by atoms with van der Waals surface area (Å²) in [6.45, 7) is 6.57. The molecule has 1 aliphatic rings. The number of nitrogens with one attached hydrogen (secondary N) is 7. The summed E-state index contributed by atoms with van der Waals surface area (Å²) < 4.78 is 0. The molecule has 10 amide bonds. The number of amides is 10. The van der Waals surface area contributed by atoms with Crippen molar-refractivity contribution in [2.45, 2.75) is 140 Å². The molecule has 0 aromatic heterocycles. The van der Waals surface area contributed by atoms with Crippen molar-refractivity contribution in [1.29, 1.82) is 0 Å². The normalized spacial score (nSPS) is 15.6. The lowest BCUT2D eigenvalue weighted by atomic mass is 9.99. The first kappa shape index (κ1) is 62.0. The molecule has 26 heteroatoms. The zero-order valence-electron chi connectivity index (χ0n) is 43.6. The van der Waals surface area contributed by atoms with E-state index in [-0.39, 0.29) is 88.8 Å². The van der Waals surface area contributed by atoms with Crippen LogP contribution in [0.1, 0.15) is 90.2 Å². The summed E-state index contributed by atoms with van der Waals surface area (Å²) in [5, 5.41) is 18.6. The van der Waals surface area contributed by atoms with Crippen LogP contribution in [-0.2, 0) is 60.8 Å². The van der Waals surface area contributed by atoms with E-state index in [0.29, 0.717) is 17.5 Å². The smallest absolute Gasteiger partial charge is 0.245 e. The lowest BCUT2D eigenvalue weighted by molar-refractivity contribution is -0.142. The number of nitrogens with two attached hydrogens (primary N) is 6. The molecule has 416 valence electrons. The van der Waals surface area contributed by atoms with Crippen LogP contribution in [0, 0.1) is 5.92 Å². The molecule has 3 rings (SSSR count). The van der Waals surface area contributed by atoms with E-state index in [1.54, 1.807) is 60.7 Å². The SMILES string of the molecule is CC(=O)N[C@@H](C)C(=O)N[C@@H](Cc1ccccc1)C(=O)N[C@@H](CC(C)C)C(=O)N[C@@H](Cc1ccccc1)C(=O)N[C@@H](CCCN=C(N)N)C(=O)N1CCC[C@H]1C(=O)N[C@@H](CCCN=C(N)N)C(=O)N[C@@H](CC(N)=O)C(N)=O. The Morgan fingerprint density at radius 3 is 1.49 bits per heavy atom. The van der Waals surface area contributed by atoms with Crippen LogP contribution in [0.4, 0.5) is 0 Å². The first-order valence-electron chi connectivity index (χ1n) is 25.1. The van der Waals surface area contributed by atoms with Crippen LogP contribution < -0.4 is 71.6 Å². The topological polar surface area (TPSA) is 439 Å². The number of aliphatic imine (C=N–C) groups is 2. The molecule has 1 fully saturated rings. The van der Waals surface area contributed by atoms with Gasteiger partial charge in [0, 0.05) is 39.4 Å². The molecule has 0 saturated carbocycles. The second kappa shape index (κ2) is 31.4. The minimum atomic E-state index is -1.49. The first-order valence-corrected chi connectivity index (χ1v) is 25.1. The van der Waals surface area contributed by atoms with E-state index in [9.17, 15) is 47.9 Å². The molecule has 1 aliphatic heterocycles. The fraction of sp³-hybridized carbons (Fsp3) is 0.520. The number of rotatable bonds is 31. The van der Waals surface area contributed by atoms with Crippen LogP contribution in [0.15, 0.2) is 70.6 Å². The van der Waals surface area contributed by atoms with Crippen molar-refractivity contribution in [3.63, 3.8) is 0 Å². The third-order valence-electron chi connectivity index (χ3n) is 12.0. The average Bonchev–Trinajstić information content (AvgIpc) is 3.85. The maximum atomic E-state index is 14.7. The molecule has 26 nitrogen and oxygen atoms in total. The summed E-state index contributed by atoms with van der Waals surface area (Å²) in [5.41, 5.74) is 34.0. The van der Waals surface area contributed by atoms with E-state index >= 15 is 0 Å². The lowest BCUT2D eigenvalue weighted by Crippen LogP contribution is -2.60. The fourth-order valence-electron chi connectivity index (χ4n) is 8.31. The summed E-state index contributed by atoms with van der Waals surface area (Å²) in [5.74, 6) is -8.18. The Kier molecular flexibility index (Phi) is 25.6. The molecule has 0 spiro atoms. The van der Waals surface area contributed by atoms with Crippen LogP contribution in [0.2, 0.25) is 0 Å². The van der Waals surface area contributed by atoms with Gasteiger partial charge in [-0.05, 0) is 68.9 Å². The summed E-state index contributed by atoms with van der Waals surface area (Å²) in [7, 11) is 0. The van der Waals surface area contributed by atoms with Crippen LogP contribution in [0.3, 0.4) is 0 Å². The van der Waals surface area contributed by atoms with Gasteiger partial charge in [0.1, 0.15) is 48.3 Å². The van der Waals surface area contributed by atoms with Gasteiger partial charge in [0.05, 0.1) is 6.42 Å². The van der Waals surface area contributed by atoms with E-state index in [0.717, 1.165) is 0 Å². The zero-order valence-corrected chi connectivity index (χ0v) is 43.6. The second-order valence-corrected chi connectivity index (χ2v) is 19.0. The van der Waals surface area contributed by atoms with Crippen LogP contribution in [0.5, 0.6) is 0 Å². The molecule has 76 heavy (non-hydrogen) atoms. The Morgan fingerprint density at radius 2 is 1.01 bits per heavy atom. The number of nitrogens with zero attached hydrogens (tertiary/aromatic N) is 3. The fourth-order valence-corrected chi connectivity index (χ4v) is 8.31. The average molecular weight is 1060 g/mol. The van der Waals surface area contributed by atoms with Crippen molar-refractivity contribution in [2.75, 3.05) is 19.6 Å². The number of guanidine groups is 2. The molecule has 0 unspecified atom stereocenters. The van der Waals surface area contributed by atoms with E-state index in [1.165, 1.54) is 18.7 Å². The maximum Gasteiger partial charge on any atom is 0.245 e. The van der Waals surface area contributed by atoms with Gasteiger partial charge in [-0.2, -0.15) is 0 Å². The van der Waals surface area contributed by atoms with Crippen LogP contribution in [0.25, 0.3) is 0 Å². The van der Waals surface area contributed by atoms with Crippen molar-refractivity contribution >= 4 is 71.0 Å². The Morgan fingerprint density at radius 1 is 0.566 bits per heavy atom. The number of hydrogen-bond acceptors (Lipinski definition) is 12. The van der Waals surface area contributed by atoms with Crippen molar-refractivity contribution in [2.24, 2.45) is 50.3 Å². The minimum Gasteiger partial charge on any atom is -0.370 e. The molecular formula is C50H76N16O10. The lowest BCUT2D eigenvalue weighted by Gasteiger charge is -2.31. The molecular weight excluding hydrogens is 985 g/mol. The Labute approximate surface area is 441 Å². The highest BCUT2D eigenvalue weighted by atomic mass is 16.2. The van der Waals surface area contributed by atoms with Crippen molar-refractivity contribution in [1.82, 2.24) is 42.1 Å². The van der Waals surface area contributed by atoms with E-state index in [1.807, 2.05) is 13.8 Å². The zero-order chi connectivity index (χ0) is 56.5. The predicted molar refractivity (Wildman–Crippen MR) is 282 cm³/mol. The highest BCUT2D eigenvalue weighted by Crippen LogP contribution is 2.21. The van der Waals surface area contributed by atoms with E-state index in [4.69, 9.17) is 34.4 Å². The molecule has 1 heterocycles. The summed E-state index contributed by atoms with van der Waals surface area (Å²) >= 11 is 0. The molecule has 0 radical (unpaired) electrons. The van der Waals surface area contributed by atoms with Gasteiger partial charge in [0.15, 0.2) is 11.9 Å². The molecule has 2 aromatic rings. The predicted octanol–water partition coefficient (Wildman–Crippen LogP) is -3.59. The highest BCUT2D eigenvalue weighted by Gasteiger charge is 2.40. The highest BCUT2D eigenvalue weighted by molar-refractivity contribution is 5.98. The van der Waals surface area contributed by atoms with Gasteiger partial charge in [-0.1, -0.05) is 74.5 Å². The van der Waals surface area contributed by atoms with Crippen LogP contribution >= 0.6 is 0 Å². The molecule has 0 aliphatic carbocycles. The number of hydrogen-bond donors (Lipinski definition) is 13. The molecule has 2 aromatic carbocycles. The number of primary amides is 2. The van der Waals surface area contributed by atoms with Gasteiger partial charge in [-0.3, -0.25) is 57.9 Å². The monoisotopic (exact) mass is 1060 g/mol. The Balaban J connectivity index is 1.96. The quantitative estimate of drug-likeness (QED) is 0.0197. The maximum absolute atomic E-state index is 14.7. The Bertz CT molecular complexity index is 2380. The van der Waals surface area contributed by atoms with Crippen molar-refractivity contribution < 1.29 is 47.9 Å². The van der Waals surface area contributed by atoms with E-state index in [2.05, 4.69) is 47.2 Å². The number of carbonyl (C=O) groups is 10. The number of carbonyl (C=O) groups excluding carboxylic acids is 10. The summed E-state index contributed by atoms with van der Waals surface area (Å²) in [4.78, 5) is 144. The van der Waals surface area contributed by atoms with Crippen molar-refractivity contribution in [3.8, 4) is 0 Å². The van der Waals surface area contributed by atoms with Gasteiger partial charge in [-0.25, -0.2) is 0 Å². The molecule has 1 saturated heterocycles.